The number of allylic oxidation sites excluding steroid dienone is 4. The van der Waals surface area contributed by atoms with Gasteiger partial charge < -0.3 is 4.90 Å². The molecule has 0 heterocycles. The van der Waals surface area contributed by atoms with Crippen molar-refractivity contribution in [3.8, 4) is 33.4 Å². The molecule has 310 valence electrons. The minimum Gasteiger partial charge on any atom is -0.310 e. The summed E-state index contributed by atoms with van der Waals surface area (Å²) in [6.45, 7) is 4.80. The quantitative estimate of drug-likeness (QED) is 0.147. The lowest BCUT2D eigenvalue weighted by Crippen LogP contribution is -2.28. The van der Waals surface area contributed by atoms with Crippen LogP contribution in [0, 0.1) is 0 Å². The van der Waals surface area contributed by atoms with Crippen molar-refractivity contribution < 1.29 is 0 Å². The van der Waals surface area contributed by atoms with E-state index in [-0.39, 0.29) is 5.41 Å². The second-order valence-electron chi connectivity index (χ2n) is 18.4. The number of fused-ring (bicyclic) bond motifs is 6. The van der Waals surface area contributed by atoms with Crippen LogP contribution in [0.5, 0.6) is 0 Å². The zero-order valence-corrected chi connectivity index (χ0v) is 36.8. The molecule has 0 amide bonds. The minimum atomic E-state index is -0.512. The minimum absolute atomic E-state index is 0.0217. The topological polar surface area (TPSA) is 3.24 Å². The van der Waals surface area contributed by atoms with Gasteiger partial charge in [-0.15, -0.1) is 0 Å². The van der Waals surface area contributed by atoms with Gasteiger partial charge in [0.1, 0.15) is 0 Å². The molecule has 0 radical (unpaired) electrons. The summed E-state index contributed by atoms with van der Waals surface area (Å²) in [5.74, 6) is 0.426. The highest BCUT2D eigenvalue weighted by atomic mass is 15.1. The molecular formula is C64H49N. The number of benzene rings is 9. The summed E-state index contributed by atoms with van der Waals surface area (Å²) in [5.41, 5.74) is 22.2. The highest BCUT2D eigenvalue weighted by Gasteiger charge is 2.47. The van der Waals surface area contributed by atoms with Crippen LogP contribution in [-0.4, -0.2) is 0 Å². The van der Waals surface area contributed by atoms with Gasteiger partial charge >= 0.3 is 0 Å². The van der Waals surface area contributed by atoms with E-state index < -0.39 is 5.41 Å². The Morgan fingerprint density at radius 3 is 1.63 bits per heavy atom. The van der Waals surface area contributed by atoms with Crippen LogP contribution >= 0.6 is 0 Å². The van der Waals surface area contributed by atoms with Crippen LogP contribution in [0.4, 0.5) is 17.1 Å². The lowest BCUT2D eigenvalue weighted by Gasteiger charge is -2.34. The fourth-order valence-electron chi connectivity index (χ4n) is 11.6. The van der Waals surface area contributed by atoms with Crippen molar-refractivity contribution in [3.63, 3.8) is 0 Å². The summed E-state index contributed by atoms with van der Waals surface area (Å²) in [6.07, 6.45) is 5.98. The normalized spacial score (nSPS) is 16.1. The zero-order chi connectivity index (χ0) is 43.5. The molecule has 0 saturated carbocycles. The summed E-state index contributed by atoms with van der Waals surface area (Å²) in [6, 6.07) is 85.4. The highest BCUT2D eigenvalue weighted by molar-refractivity contribution is 5.98. The SMILES string of the molecule is CC1(C)C2=CC(c3cccc(N(c4cccc(-c5ccc(-c6ccccc6)cc5)c4)c4cccc5c4-c4ccccc4C5(c4ccccc4)c4ccccc4)c3)=CCC2c2ccccc21. The third-order valence-electron chi connectivity index (χ3n) is 14.6. The molecule has 9 aromatic carbocycles. The van der Waals surface area contributed by atoms with Gasteiger partial charge in [-0.2, -0.15) is 0 Å². The van der Waals surface area contributed by atoms with Crippen LogP contribution < -0.4 is 4.90 Å². The predicted molar refractivity (Wildman–Crippen MR) is 272 cm³/mol. The van der Waals surface area contributed by atoms with E-state index in [1.807, 2.05) is 0 Å². The van der Waals surface area contributed by atoms with E-state index in [9.17, 15) is 0 Å². The van der Waals surface area contributed by atoms with Crippen LogP contribution in [0.15, 0.2) is 248 Å². The van der Waals surface area contributed by atoms with Crippen LogP contribution in [0.1, 0.15) is 65.1 Å². The van der Waals surface area contributed by atoms with Crippen molar-refractivity contribution in [3.05, 3.63) is 287 Å². The Morgan fingerprint density at radius 2 is 0.938 bits per heavy atom. The summed E-state index contributed by atoms with van der Waals surface area (Å²) in [7, 11) is 0. The fraction of sp³-hybridized carbons (Fsp3) is 0.0938. The van der Waals surface area contributed by atoms with Gasteiger partial charge in [0, 0.05) is 28.3 Å². The van der Waals surface area contributed by atoms with Crippen molar-refractivity contribution in [2.75, 3.05) is 4.90 Å². The molecule has 0 bridgehead atoms. The zero-order valence-electron chi connectivity index (χ0n) is 36.8. The maximum atomic E-state index is 2.52. The van der Waals surface area contributed by atoms with Crippen molar-refractivity contribution in [1.82, 2.24) is 0 Å². The van der Waals surface area contributed by atoms with Gasteiger partial charge in [-0.25, -0.2) is 0 Å². The Hall–Kier alpha value is -7.74. The summed E-state index contributed by atoms with van der Waals surface area (Å²) >= 11 is 0. The van der Waals surface area contributed by atoms with Crippen molar-refractivity contribution >= 4 is 22.6 Å². The van der Waals surface area contributed by atoms with Crippen molar-refractivity contribution in [2.24, 2.45) is 0 Å². The lowest BCUT2D eigenvalue weighted by atomic mass is 9.68. The van der Waals surface area contributed by atoms with E-state index in [4.69, 9.17) is 0 Å². The summed E-state index contributed by atoms with van der Waals surface area (Å²) in [5, 5.41) is 0. The summed E-state index contributed by atoms with van der Waals surface area (Å²) < 4.78 is 0. The molecule has 3 aliphatic carbocycles. The molecule has 0 spiro atoms. The molecule has 1 unspecified atom stereocenters. The first kappa shape index (κ1) is 38.9. The monoisotopic (exact) mass is 831 g/mol. The Balaban J connectivity index is 1.05. The van der Waals surface area contributed by atoms with Gasteiger partial charge in [0.2, 0.25) is 0 Å². The number of nitrogens with zero attached hydrogens (tertiary/aromatic N) is 1. The van der Waals surface area contributed by atoms with E-state index in [1.54, 1.807) is 0 Å². The van der Waals surface area contributed by atoms with E-state index in [2.05, 4.69) is 261 Å². The predicted octanol–water partition coefficient (Wildman–Crippen LogP) is 16.6. The molecule has 0 aromatic heterocycles. The maximum Gasteiger partial charge on any atom is 0.0714 e. The van der Waals surface area contributed by atoms with Gasteiger partial charge in [-0.3, -0.25) is 0 Å². The smallest absolute Gasteiger partial charge is 0.0714 e. The first-order valence-corrected chi connectivity index (χ1v) is 23.0. The van der Waals surface area contributed by atoms with Crippen molar-refractivity contribution in [2.45, 2.75) is 37.0 Å². The number of rotatable bonds is 8. The van der Waals surface area contributed by atoms with Gasteiger partial charge in [0.15, 0.2) is 0 Å². The Kier molecular flexibility index (Phi) is 9.28. The van der Waals surface area contributed by atoms with Gasteiger partial charge in [0.25, 0.3) is 0 Å². The Labute approximate surface area is 383 Å². The van der Waals surface area contributed by atoms with Crippen molar-refractivity contribution in [1.29, 1.82) is 0 Å². The molecule has 9 aromatic rings. The Bertz CT molecular complexity index is 3260. The molecule has 1 heteroatoms. The standard InChI is InChI=1S/C64H49N/c1-63(2)57-31-14-12-29-54(57)55-40-39-49(43-60(55)63)48-22-17-28-53(42-48)65(52-27-16-21-47(41-52)46-37-35-45(36-38-46)44-19-6-3-7-20-44)61-34-18-33-59-62(61)56-30-13-15-32-58(56)64(59,50-23-8-4-9-24-50)51-25-10-5-11-26-51/h3-39,41-43,55H,40H2,1-2H3. The molecule has 1 atom stereocenters. The molecule has 0 saturated heterocycles. The van der Waals surface area contributed by atoms with Gasteiger partial charge in [0.05, 0.1) is 11.1 Å². The average Bonchev–Trinajstić information content (AvgIpc) is 3.81. The van der Waals surface area contributed by atoms with E-state index in [0.717, 1.165) is 23.5 Å². The molecule has 3 aliphatic rings. The Morgan fingerprint density at radius 1 is 0.431 bits per heavy atom. The van der Waals surface area contributed by atoms with Crippen LogP contribution in [0.25, 0.3) is 39.0 Å². The first-order chi connectivity index (χ1) is 32.0. The first-order valence-electron chi connectivity index (χ1n) is 23.0. The van der Waals surface area contributed by atoms with Crippen LogP contribution in [0.3, 0.4) is 0 Å². The van der Waals surface area contributed by atoms with E-state index >= 15 is 0 Å². The highest BCUT2D eigenvalue weighted by Crippen LogP contribution is 2.60. The second kappa shape index (κ2) is 15.5. The number of hydrogen-bond donors (Lipinski definition) is 0. The van der Waals surface area contributed by atoms with Gasteiger partial charge in [-0.1, -0.05) is 232 Å². The molecular weight excluding hydrogens is 783 g/mol. The van der Waals surface area contributed by atoms with E-state index in [1.165, 1.54) is 83.5 Å². The van der Waals surface area contributed by atoms with Crippen LogP contribution in [-0.2, 0) is 10.8 Å². The van der Waals surface area contributed by atoms with Gasteiger partial charge in [-0.05, 0) is 109 Å². The molecule has 0 N–H and O–H groups in total. The van der Waals surface area contributed by atoms with E-state index in [0.29, 0.717) is 5.92 Å². The third kappa shape index (κ3) is 6.21. The average molecular weight is 832 g/mol. The summed E-state index contributed by atoms with van der Waals surface area (Å²) in [4.78, 5) is 2.52. The third-order valence-corrected chi connectivity index (χ3v) is 14.6. The second-order valence-corrected chi connectivity index (χ2v) is 18.4. The largest absolute Gasteiger partial charge is 0.310 e. The molecule has 1 nitrogen and oxygen atoms in total. The number of anilines is 3. The molecule has 65 heavy (non-hydrogen) atoms. The maximum absolute atomic E-state index is 2.52. The fourth-order valence-corrected chi connectivity index (χ4v) is 11.6. The van der Waals surface area contributed by atoms with Crippen LogP contribution in [0.2, 0.25) is 0 Å². The number of hydrogen-bond acceptors (Lipinski definition) is 1. The molecule has 0 aliphatic heterocycles. The molecule has 12 rings (SSSR count). The lowest BCUT2D eigenvalue weighted by molar-refractivity contribution is 0.613. The molecule has 0 fully saturated rings.